The first kappa shape index (κ1) is 8.45. The van der Waals surface area contributed by atoms with Crippen LogP contribution in [0, 0.1) is 0 Å². The van der Waals surface area contributed by atoms with Crippen molar-refractivity contribution >= 4 is 18.3 Å². The summed E-state index contributed by atoms with van der Waals surface area (Å²) in [4.78, 5) is 26.4. The highest BCUT2D eigenvalue weighted by Crippen LogP contribution is 2.04. The standard InChI is InChI=1S/C7H9N3O2/c1-2-6(11)8-5-9-7(12)10-3-4-10/h2,5H,1,3-4H2,(H,8,9,11,12). The number of aliphatic imine (C=N–C) groups is 1. The largest absolute Gasteiger partial charge is 0.345 e. The van der Waals surface area contributed by atoms with E-state index in [-0.39, 0.29) is 11.9 Å². The van der Waals surface area contributed by atoms with Gasteiger partial charge in [0.05, 0.1) is 0 Å². The number of amides is 3. The number of rotatable bonds is 2. The number of urea groups is 1. The molecule has 5 heteroatoms. The average Bonchev–Trinajstić information content (AvgIpc) is 2.86. The predicted octanol–water partition coefficient (Wildman–Crippen LogP) is -0.248. The van der Waals surface area contributed by atoms with Gasteiger partial charge in [-0.1, -0.05) is 6.58 Å². The second-order valence-corrected chi connectivity index (χ2v) is 2.24. The fraction of sp³-hybridized carbons (Fsp3) is 0.286. The summed E-state index contributed by atoms with van der Waals surface area (Å²) in [6.07, 6.45) is 2.18. The Labute approximate surface area is 69.8 Å². The van der Waals surface area contributed by atoms with E-state index in [4.69, 9.17) is 0 Å². The van der Waals surface area contributed by atoms with E-state index in [1.54, 1.807) is 0 Å². The number of nitrogens with one attached hydrogen (secondary N) is 1. The summed E-state index contributed by atoms with van der Waals surface area (Å²) in [6, 6.07) is -0.320. The van der Waals surface area contributed by atoms with Crippen molar-refractivity contribution in [2.75, 3.05) is 13.1 Å². The maximum atomic E-state index is 10.8. The third-order valence-electron chi connectivity index (χ3n) is 1.28. The van der Waals surface area contributed by atoms with Gasteiger partial charge in [-0.05, 0) is 6.08 Å². The third-order valence-corrected chi connectivity index (χ3v) is 1.28. The third kappa shape index (κ3) is 2.53. The molecule has 64 valence electrons. The lowest BCUT2D eigenvalue weighted by molar-refractivity contribution is -0.115. The summed E-state index contributed by atoms with van der Waals surface area (Å²) in [5.74, 6) is -0.377. The second-order valence-electron chi connectivity index (χ2n) is 2.24. The van der Waals surface area contributed by atoms with Crippen molar-refractivity contribution in [3.63, 3.8) is 0 Å². The molecule has 1 rings (SSSR count). The lowest BCUT2D eigenvalue weighted by Gasteiger charge is -1.92. The molecule has 1 heterocycles. The summed E-state index contributed by atoms with van der Waals surface area (Å²) in [7, 11) is 0. The van der Waals surface area contributed by atoms with E-state index in [1.807, 2.05) is 0 Å². The Bertz CT molecular complexity index is 243. The molecule has 0 aromatic rings. The smallest absolute Gasteiger partial charge is 0.319 e. The number of hydrogen-bond donors (Lipinski definition) is 1. The Morgan fingerprint density at radius 2 is 2.17 bits per heavy atom. The number of carbonyl (C=O) groups excluding carboxylic acids is 2. The van der Waals surface area contributed by atoms with Gasteiger partial charge in [0.25, 0.3) is 0 Å². The van der Waals surface area contributed by atoms with Gasteiger partial charge >= 0.3 is 6.03 Å². The first-order chi connectivity index (χ1) is 5.74. The van der Waals surface area contributed by atoms with Crippen molar-refractivity contribution in [1.29, 1.82) is 0 Å². The summed E-state index contributed by atoms with van der Waals surface area (Å²) in [6.45, 7) is 4.75. The van der Waals surface area contributed by atoms with Crippen LogP contribution >= 0.6 is 0 Å². The summed E-state index contributed by atoms with van der Waals surface area (Å²) < 4.78 is 0. The minimum atomic E-state index is -0.377. The summed E-state index contributed by atoms with van der Waals surface area (Å²) in [5, 5.41) is 2.25. The van der Waals surface area contributed by atoms with E-state index in [0.717, 1.165) is 25.5 Å². The Morgan fingerprint density at radius 1 is 1.50 bits per heavy atom. The minimum Gasteiger partial charge on any atom is -0.319 e. The zero-order chi connectivity index (χ0) is 8.97. The maximum absolute atomic E-state index is 10.8. The number of hydrogen-bond acceptors (Lipinski definition) is 2. The fourth-order valence-corrected chi connectivity index (χ4v) is 0.533. The Balaban J connectivity index is 2.24. The SMILES string of the molecule is C=CC(=O)NC=NC(=O)N1CC1. The monoisotopic (exact) mass is 167 g/mol. The van der Waals surface area contributed by atoms with Gasteiger partial charge in [-0.3, -0.25) is 4.79 Å². The molecule has 0 aromatic heterocycles. The summed E-state index contributed by atoms with van der Waals surface area (Å²) in [5.41, 5.74) is 0. The Kier molecular flexibility index (Phi) is 2.57. The average molecular weight is 167 g/mol. The van der Waals surface area contributed by atoms with Crippen molar-refractivity contribution in [3.8, 4) is 0 Å². The van der Waals surface area contributed by atoms with Gasteiger partial charge in [-0.2, -0.15) is 4.99 Å². The zero-order valence-corrected chi connectivity index (χ0v) is 6.49. The predicted molar refractivity (Wildman–Crippen MR) is 43.8 cm³/mol. The van der Waals surface area contributed by atoms with Crippen molar-refractivity contribution in [3.05, 3.63) is 12.7 Å². The highest BCUT2D eigenvalue weighted by atomic mass is 16.2. The first-order valence-corrected chi connectivity index (χ1v) is 3.48. The van der Waals surface area contributed by atoms with Crippen LogP contribution in [0.4, 0.5) is 4.79 Å². The van der Waals surface area contributed by atoms with Crippen LogP contribution < -0.4 is 5.32 Å². The van der Waals surface area contributed by atoms with Gasteiger partial charge in [0, 0.05) is 13.1 Å². The molecule has 1 aliphatic rings. The molecule has 0 unspecified atom stereocenters. The van der Waals surface area contributed by atoms with E-state index in [2.05, 4.69) is 16.9 Å². The molecule has 0 saturated carbocycles. The molecule has 0 bridgehead atoms. The van der Waals surface area contributed by atoms with Gasteiger partial charge in [0.2, 0.25) is 5.91 Å². The van der Waals surface area contributed by atoms with E-state index in [0.29, 0.717) is 0 Å². The highest BCUT2D eigenvalue weighted by Gasteiger charge is 2.22. The molecule has 5 nitrogen and oxygen atoms in total. The van der Waals surface area contributed by atoms with Crippen molar-refractivity contribution in [1.82, 2.24) is 10.2 Å². The van der Waals surface area contributed by atoms with E-state index in [9.17, 15) is 9.59 Å². The molecule has 1 aliphatic heterocycles. The van der Waals surface area contributed by atoms with Crippen LogP contribution in [-0.4, -0.2) is 36.3 Å². The number of nitrogens with zero attached hydrogens (tertiary/aromatic N) is 2. The van der Waals surface area contributed by atoms with Crippen LogP contribution in [0.2, 0.25) is 0 Å². The molecule has 12 heavy (non-hydrogen) atoms. The molecule has 1 fully saturated rings. The van der Waals surface area contributed by atoms with Crippen LogP contribution in [0.3, 0.4) is 0 Å². The maximum Gasteiger partial charge on any atom is 0.345 e. The lowest BCUT2D eigenvalue weighted by Crippen LogP contribution is -2.19. The quantitative estimate of drug-likeness (QED) is 0.267. The molecule has 0 spiro atoms. The van der Waals surface area contributed by atoms with E-state index in [1.165, 1.54) is 4.90 Å². The molecule has 0 aliphatic carbocycles. The van der Waals surface area contributed by atoms with E-state index >= 15 is 0 Å². The Morgan fingerprint density at radius 3 is 2.67 bits per heavy atom. The second kappa shape index (κ2) is 3.66. The highest BCUT2D eigenvalue weighted by molar-refractivity contribution is 5.97. The van der Waals surface area contributed by atoms with Gasteiger partial charge in [-0.15, -0.1) is 0 Å². The first-order valence-electron chi connectivity index (χ1n) is 3.48. The molecular formula is C7H9N3O2. The van der Waals surface area contributed by atoms with Crippen LogP contribution in [0.15, 0.2) is 17.6 Å². The van der Waals surface area contributed by atoms with Gasteiger partial charge in [-0.25, -0.2) is 4.79 Å². The van der Waals surface area contributed by atoms with Crippen molar-refractivity contribution < 1.29 is 9.59 Å². The summed E-state index contributed by atoms with van der Waals surface area (Å²) >= 11 is 0. The van der Waals surface area contributed by atoms with Crippen LogP contribution in [0.25, 0.3) is 0 Å². The van der Waals surface area contributed by atoms with Gasteiger partial charge < -0.3 is 10.2 Å². The van der Waals surface area contributed by atoms with Gasteiger partial charge in [0.1, 0.15) is 6.34 Å². The van der Waals surface area contributed by atoms with Crippen LogP contribution in [-0.2, 0) is 4.79 Å². The zero-order valence-electron chi connectivity index (χ0n) is 6.49. The molecule has 0 atom stereocenters. The molecule has 1 saturated heterocycles. The molecule has 0 aromatic carbocycles. The van der Waals surface area contributed by atoms with Crippen LogP contribution in [0.5, 0.6) is 0 Å². The van der Waals surface area contributed by atoms with E-state index < -0.39 is 0 Å². The number of carbonyl (C=O) groups is 2. The normalized spacial score (nSPS) is 14.5. The molecule has 1 N–H and O–H groups in total. The Hall–Kier alpha value is -1.65. The lowest BCUT2D eigenvalue weighted by atomic mass is 10.6. The topological polar surface area (TPSA) is 61.5 Å². The molecule has 3 amide bonds. The molecule has 0 radical (unpaired) electrons. The van der Waals surface area contributed by atoms with Gasteiger partial charge in [0.15, 0.2) is 0 Å². The van der Waals surface area contributed by atoms with Crippen molar-refractivity contribution in [2.45, 2.75) is 0 Å². The fourth-order valence-electron chi connectivity index (χ4n) is 0.533. The minimum absolute atomic E-state index is 0.320. The molecular weight excluding hydrogens is 158 g/mol. The van der Waals surface area contributed by atoms with Crippen LogP contribution in [0.1, 0.15) is 0 Å². The van der Waals surface area contributed by atoms with Crippen molar-refractivity contribution in [2.24, 2.45) is 4.99 Å².